The molecule has 25 heavy (non-hydrogen) atoms. The van der Waals surface area contributed by atoms with Crippen molar-refractivity contribution in [2.75, 3.05) is 13.2 Å². The van der Waals surface area contributed by atoms with Crippen LogP contribution in [-0.4, -0.2) is 38.0 Å². The van der Waals surface area contributed by atoms with E-state index in [4.69, 9.17) is 9.15 Å². The van der Waals surface area contributed by atoms with Gasteiger partial charge >= 0.3 is 0 Å². The summed E-state index contributed by atoms with van der Waals surface area (Å²) in [4.78, 5) is 6.49. The number of furan rings is 1. The van der Waals surface area contributed by atoms with Crippen LogP contribution < -0.4 is 0 Å². The first-order chi connectivity index (χ1) is 12.3. The Morgan fingerprint density at radius 3 is 3.08 bits per heavy atom. The molecular weight excluding hydrogens is 318 g/mol. The summed E-state index contributed by atoms with van der Waals surface area (Å²) in [6.07, 6.45) is 7.11. The lowest BCUT2D eigenvalue weighted by atomic mass is 9.98. The van der Waals surface area contributed by atoms with E-state index in [2.05, 4.69) is 20.2 Å². The second kappa shape index (κ2) is 7.16. The van der Waals surface area contributed by atoms with E-state index >= 15 is 0 Å². The SMILES string of the molecule is Cn1nnc2c1[C@H](COCc1cccnc1)CN(Cc1ccoc1)C2. The molecule has 1 atom stereocenters. The molecule has 1 aliphatic heterocycles. The molecule has 0 saturated carbocycles. The summed E-state index contributed by atoms with van der Waals surface area (Å²) in [7, 11) is 1.95. The Kier molecular flexibility index (Phi) is 4.58. The van der Waals surface area contributed by atoms with Crippen molar-refractivity contribution < 1.29 is 9.15 Å². The van der Waals surface area contributed by atoms with E-state index in [0.717, 1.165) is 30.9 Å². The Morgan fingerprint density at radius 2 is 2.28 bits per heavy atom. The van der Waals surface area contributed by atoms with Crippen LogP contribution in [0.25, 0.3) is 0 Å². The Balaban J connectivity index is 1.44. The summed E-state index contributed by atoms with van der Waals surface area (Å²) >= 11 is 0. The third kappa shape index (κ3) is 3.62. The minimum atomic E-state index is 0.243. The van der Waals surface area contributed by atoms with Crippen LogP contribution in [-0.2, 0) is 31.5 Å². The molecule has 3 aromatic rings. The van der Waals surface area contributed by atoms with Crippen LogP contribution >= 0.6 is 0 Å². The van der Waals surface area contributed by atoms with Crippen LogP contribution in [0.5, 0.6) is 0 Å². The second-order valence-corrected chi connectivity index (χ2v) is 6.42. The lowest BCUT2D eigenvalue weighted by Crippen LogP contribution is -2.35. The maximum Gasteiger partial charge on any atom is 0.100 e. The Hall–Kier alpha value is -2.51. The fourth-order valence-electron chi connectivity index (χ4n) is 3.39. The van der Waals surface area contributed by atoms with Crippen molar-refractivity contribution in [2.24, 2.45) is 7.05 Å². The van der Waals surface area contributed by atoms with Crippen molar-refractivity contribution in [3.8, 4) is 0 Å². The normalized spacial score (nSPS) is 17.6. The molecule has 7 nitrogen and oxygen atoms in total. The molecule has 0 spiro atoms. The second-order valence-electron chi connectivity index (χ2n) is 6.42. The number of hydrogen-bond acceptors (Lipinski definition) is 6. The molecule has 0 N–H and O–H groups in total. The number of rotatable bonds is 6. The van der Waals surface area contributed by atoms with Gasteiger partial charge in [0.05, 0.1) is 31.4 Å². The van der Waals surface area contributed by atoms with Crippen molar-refractivity contribution in [3.63, 3.8) is 0 Å². The zero-order valence-corrected chi connectivity index (χ0v) is 14.2. The maximum atomic E-state index is 5.97. The zero-order valence-electron chi connectivity index (χ0n) is 14.2. The van der Waals surface area contributed by atoms with E-state index in [1.165, 1.54) is 11.3 Å². The molecule has 130 valence electrons. The van der Waals surface area contributed by atoms with Gasteiger partial charge in [0.1, 0.15) is 5.69 Å². The van der Waals surface area contributed by atoms with Gasteiger partial charge in [-0.05, 0) is 17.7 Å². The molecule has 0 amide bonds. The average molecular weight is 339 g/mol. The highest BCUT2D eigenvalue weighted by molar-refractivity contribution is 5.20. The average Bonchev–Trinajstić information content (AvgIpc) is 3.26. The number of aryl methyl sites for hydroxylation is 1. The topological polar surface area (TPSA) is 69.2 Å². The summed E-state index contributed by atoms with van der Waals surface area (Å²) in [6.45, 7) is 3.74. The third-order valence-corrected chi connectivity index (χ3v) is 4.48. The van der Waals surface area contributed by atoms with E-state index < -0.39 is 0 Å². The van der Waals surface area contributed by atoms with Crippen LogP contribution in [0, 0.1) is 0 Å². The van der Waals surface area contributed by atoms with E-state index in [-0.39, 0.29) is 5.92 Å². The molecule has 0 aliphatic carbocycles. The molecule has 0 aromatic carbocycles. The number of nitrogens with zero attached hydrogens (tertiary/aromatic N) is 5. The largest absolute Gasteiger partial charge is 0.472 e. The molecule has 0 saturated heterocycles. The van der Waals surface area contributed by atoms with Gasteiger partial charge in [-0.15, -0.1) is 5.10 Å². The predicted octanol–water partition coefficient (Wildman–Crippen LogP) is 2.12. The summed E-state index contributed by atoms with van der Waals surface area (Å²) in [5.74, 6) is 0.243. The van der Waals surface area contributed by atoms with E-state index in [0.29, 0.717) is 13.2 Å². The highest BCUT2D eigenvalue weighted by Gasteiger charge is 2.30. The van der Waals surface area contributed by atoms with Crippen molar-refractivity contribution in [1.29, 1.82) is 0 Å². The van der Waals surface area contributed by atoms with Crippen LogP contribution in [0.2, 0.25) is 0 Å². The summed E-state index contributed by atoms with van der Waals surface area (Å²) in [6, 6.07) is 5.95. The van der Waals surface area contributed by atoms with Gasteiger partial charge in [0.2, 0.25) is 0 Å². The molecular formula is C18H21N5O2. The zero-order chi connectivity index (χ0) is 17.1. The first-order valence-corrected chi connectivity index (χ1v) is 8.38. The molecule has 3 aromatic heterocycles. The van der Waals surface area contributed by atoms with Gasteiger partial charge in [-0.25, -0.2) is 0 Å². The number of fused-ring (bicyclic) bond motifs is 1. The van der Waals surface area contributed by atoms with Gasteiger partial charge in [0.15, 0.2) is 0 Å². The summed E-state index contributed by atoms with van der Waals surface area (Å²) in [5, 5.41) is 8.54. The summed E-state index contributed by atoms with van der Waals surface area (Å²) < 4.78 is 13.0. The molecule has 4 rings (SSSR count). The van der Waals surface area contributed by atoms with Gasteiger partial charge in [0.25, 0.3) is 0 Å². The molecule has 1 aliphatic rings. The van der Waals surface area contributed by atoms with Gasteiger partial charge in [-0.2, -0.15) is 0 Å². The van der Waals surface area contributed by atoms with Crippen molar-refractivity contribution in [3.05, 3.63) is 65.6 Å². The van der Waals surface area contributed by atoms with E-state index in [1.807, 2.05) is 36.1 Å². The Morgan fingerprint density at radius 1 is 1.32 bits per heavy atom. The van der Waals surface area contributed by atoms with Crippen LogP contribution in [0.4, 0.5) is 0 Å². The maximum absolute atomic E-state index is 5.97. The third-order valence-electron chi connectivity index (χ3n) is 4.48. The standard InChI is InChI=1S/C18H21N5O2/c1-22-18-16(13-25-11-14-3-2-5-19-7-14)9-23(10-17(18)20-21-22)8-15-4-6-24-12-15/h2-7,12,16H,8-11,13H2,1H3/t16-/m0/s1. The van der Waals surface area contributed by atoms with Gasteiger partial charge in [-0.1, -0.05) is 11.3 Å². The molecule has 7 heteroatoms. The quantitative estimate of drug-likeness (QED) is 0.685. The predicted molar refractivity (Wildman–Crippen MR) is 90.5 cm³/mol. The lowest BCUT2D eigenvalue weighted by molar-refractivity contribution is 0.0828. The van der Waals surface area contributed by atoms with Crippen molar-refractivity contribution in [2.45, 2.75) is 25.6 Å². The van der Waals surface area contributed by atoms with Gasteiger partial charge < -0.3 is 9.15 Å². The number of pyridine rings is 1. The first kappa shape index (κ1) is 16.0. The fourth-order valence-corrected chi connectivity index (χ4v) is 3.39. The lowest BCUT2D eigenvalue weighted by Gasteiger charge is -2.31. The van der Waals surface area contributed by atoms with Crippen LogP contribution in [0.15, 0.2) is 47.5 Å². The van der Waals surface area contributed by atoms with Gasteiger partial charge in [-0.3, -0.25) is 14.6 Å². The highest BCUT2D eigenvalue weighted by Crippen LogP contribution is 2.28. The monoisotopic (exact) mass is 339 g/mol. The van der Waals surface area contributed by atoms with E-state index in [1.54, 1.807) is 18.7 Å². The Labute approximate surface area is 146 Å². The first-order valence-electron chi connectivity index (χ1n) is 8.38. The number of ether oxygens (including phenoxy) is 1. The molecule has 0 fully saturated rings. The van der Waals surface area contributed by atoms with Gasteiger partial charge in [0, 0.05) is 50.6 Å². The molecule has 4 heterocycles. The number of hydrogen-bond donors (Lipinski definition) is 0. The Bertz CT molecular complexity index is 800. The fraction of sp³-hybridized carbons (Fsp3) is 0.389. The number of aromatic nitrogens is 4. The molecule has 0 unspecified atom stereocenters. The summed E-state index contributed by atoms with van der Waals surface area (Å²) in [5.41, 5.74) is 4.46. The minimum Gasteiger partial charge on any atom is -0.472 e. The highest BCUT2D eigenvalue weighted by atomic mass is 16.5. The van der Waals surface area contributed by atoms with E-state index in [9.17, 15) is 0 Å². The van der Waals surface area contributed by atoms with Crippen molar-refractivity contribution >= 4 is 0 Å². The van der Waals surface area contributed by atoms with Crippen molar-refractivity contribution in [1.82, 2.24) is 24.9 Å². The minimum absolute atomic E-state index is 0.243. The van der Waals surface area contributed by atoms with Crippen LogP contribution in [0.3, 0.4) is 0 Å². The smallest absolute Gasteiger partial charge is 0.100 e. The molecule has 0 bridgehead atoms. The molecule has 0 radical (unpaired) electrons. The van der Waals surface area contributed by atoms with Crippen LogP contribution in [0.1, 0.15) is 28.4 Å².